The van der Waals surface area contributed by atoms with Crippen molar-refractivity contribution in [1.29, 1.82) is 5.26 Å². The summed E-state index contributed by atoms with van der Waals surface area (Å²) in [6.07, 6.45) is 6.57. The minimum Gasteiger partial charge on any atom is -0.480 e. The van der Waals surface area contributed by atoms with Gasteiger partial charge in [-0.05, 0) is 36.4 Å². The fourth-order valence-corrected chi connectivity index (χ4v) is 1.89. The van der Waals surface area contributed by atoms with Crippen molar-refractivity contribution in [2.45, 2.75) is 0 Å². The number of rotatable bonds is 5. The van der Waals surface area contributed by atoms with Crippen LogP contribution in [0.15, 0.2) is 54.1 Å². The fourth-order valence-electron chi connectivity index (χ4n) is 1.89. The molecular formula is C19H13FN2O2. The number of benzene rings is 2. The Balaban J connectivity index is 2.23. The molecule has 0 bridgehead atoms. The Morgan fingerprint density at radius 1 is 1.25 bits per heavy atom. The number of anilines is 1. The highest BCUT2D eigenvalue weighted by atomic mass is 19.1. The lowest BCUT2D eigenvalue weighted by atomic mass is 10.1. The molecule has 0 spiro atoms. The predicted molar refractivity (Wildman–Crippen MR) is 89.4 cm³/mol. The van der Waals surface area contributed by atoms with Gasteiger partial charge in [-0.15, -0.1) is 6.42 Å². The number of carbonyl (C=O) groups excluding carboxylic acids is 1. The van der Waals surface area contributed by atoms with Crippen LogP contribution in [0.25, 0.3) is 6.08 Å². The number of amides is 1. The Morgan fingerprint density at radius 3 is 2.62 bits per heavy atom. The highest BCUT2D eigenvalue weighted by Gasteiger charge is 2.11. The van der Waals surface area contributed by atoms with Gasteiger partial charge in [0, 0.05) is 11.3 Å². The topological polar surface area (TPSA) is 62.1 Å². The third-order valence-corrected chi connectivity index (χ3v) is 3.00. The van der Waals surface area contributed by atoms with Crippen molar-refractivity contribution in [3.63, 3.8) is 0 Å². The van der Waals surface area contributed by atoms with E-state index >= 15 is 0 Å². The second kappa shape index (κ2) is 8.17. The second-order valence-corrected chi connectivity index (χ2v) is 4.66. The van der Waals surface area contributed by atoms with E-state index < -0.39 is 11.7 Å². The van der Waals surface area contributed by atoms with Gasteiger partial charge < -0.3 is 10.1 Å². The minimum atomic E-state index is -0.601. The molecule has 0 heterocycles. The van der Waals surface area contributed by atoms with E-state index in [1.54, 1.807) is 24.3 Å². The van der Waals surface area contributed by atoms with Gasteiger partial charge in [-0.25, -0.2) is 4.39 Å². The van der Waals surface area contributed by atoms with Gasteiger partial charge in [0.05, 0.1) is 0 Å². The van der Waals surface area contributed by atoms with Crippen molar-refractivity contribution in [3.05, 3.63) is 65.5 Å². The summed E-state index contributed by atoms with van der Waals surface area (Å²) in [5.41, 5.74) is 0.828. The van der Waals surface area contributed by atoms with E-state index in [1.165, 1.54) is 30.3 Å². The monoisotopic (exact) mass is 320 g/mol. The average Bonchev–Trinajstić information content (AvgIpc) is 2.60. The summed E-state index contributed by atoms with van der Waals surface area (Å²) in [5.74, 6) is 1.81. The van der Waals surface area contributed by atoms with Crippen LogP contribution in [-0.4, -0.2) is 12.5 Å². The van der Waals surface area contributed by atoms with Gasteiger partial charge in [0.2, 0.25) is 0 Å². The number of halogens is 1. The average molecular weight is 320 g/mol. The third kappa shape index (κ3) is 4.46. The molecule has 1 N–H and O–H groups in total. The molecular weight excluding hydrogens is 307 g/mol. The van der Waals surface area contributed by atoms with Gasteiger partial charge in [-0.3, -0.25) is 4.79 Å². The SMILES string of the molecule is C#CCOc1ccccc1/C=C(\C#N)C(=O)Nc1ccc(F)cc1. The molecule has 0 aliphatic carbocycles. The molecule has 24 heavy (non-hydrogen) atoms. The van der Waals surface area contributed by atoms with E-state index in [4.69, 9.17) is 11.2 Å². The molecule has 0 fully saturated rings. The molecule has 0 saturated heterocycles. The first-order valence-corrected chi connectivity index (χ1v) is 6.98. The molecule has 0 aliphatic rings. The lowest BCUT2D eigenvalue weighted by Gasteiger charge is -2.07. The van der Waals surface area contributed by atoms with E-state index in [0.717, 1.165) is 0 Å². The first-order valence-electron chi connectivity index (χ1n) is 6.98. The number of nitrogens with one attached hydrogen (secondary N) is 1. The third-order valence-electron chi connectivity index (χ3n) is 3.00. The van der Waals surface area contributed by atoms with Crippen LogP contribution in [0, 0.1) is 29.5 Å². The molecule has 2 rings (SSSR count). The van der Waals surface area contributed by atoms with Crippen LogP contribution in [-0.2, 0) is 4.79 Å². The van der Waals surface area contributed by atoms with Crippen LogP contribution in [0.4, 0.5) is 10.1 Å². The van der Waals surface area contributed by atoms with Crippen LogP contribution in [0.1, 0.15) is 5.56 Å². The van der Waals surface area contributed by atoms with Crippen LogP contribution < -0.4 is 10.1 Å². The molecule has 0 radical (unpaired) electrons. The Labute approximate surface area is 139 Å². The predicted octanol–water partition coefficient (Wildman–Crippen LogP) is 3.38. The Bertz CT molecular complexity index is 843. The van der Waals surface area contributed by atoms with Crippen molar-refractivity contribution in [1.82, 2.24) is 0 Å². The van der Waals surface area contributed by atoms with E-state index in [9.17, 15) is 14.4 Å². The molecule has 118 valence electrons. The molecule has 0 aliphatic heterocycles. The number of ether oxygens (including phenoxy) is 1. The summed E-state index contributed by atoms with van der Waals surface area (Å²) >= 11 is 0. The molecule has 2 aromatic carbocycles. The van der Waals surface area contributed by atoms with Crippen LogP contribution >= 0.6 is 0 Å². The van der Waals surface area contributed by atoms with E-state index in [2.05, 4.69) is 11.2 Å². The largest absolute Gasteiger partial charge is 0.480 e. The van der Waals surface area contributed by atoms with E-state index in [1.807, 2.05) is 6.07 Å². The molecule has 0 atom stereocenters. The summed E-state index contributed by atoms with van der Waals surface area (Å²) in [7, 11) is 0. The number of nitrogens with zero attached hydrogens (tertiary/aromatic N) is 1. The Kier molecular flexibility index (Phi) is 5.71. The normalized spacial score (nSPS) is 10.4. The zero-order chi connectivity index (χ0) is 17.4. The second-order valence-electron chi connectivity index (χ2n) is 4.66. The quantitative estimate of drug-likeness (QED) is 0.522. The van der Waals surface area contributed by atoms with Gasteiger partial charge in [-0.1, -0.05) is 24.1 Å². The van der Waals surface area contributed by atoms with Crippen molar-refractivity contribution in [2.75, 3.05) is 11.9 Å². The summed E-state index contributed by atoms with van der Waals surface area (Å²) in [4.78, 5) is 12.2. The van der Waals surface area contributed by atoms with Crippen molar-refractivity contribution in [2.24, 2.45) is 0 Å². The lowest BCUT2D eigenvalue weighted by molar-refractivity contribution is -0.112. The summed E-state index contributed by atoms with van der Waals surface area (Å²) in [5, 5.41) is 11.8. The minimum absolute atomic E-state index is 0.0779. The molecule has 0 aromatic heterocycles. The van der Waals surface area contributed by atoms with Gasteiger partial charge in [0.15, 0.2) is 0 Å². The van der Waals surface area contributed by atoms with Crippen molar-refractivity contribution < 1.29 is 13.9 Å². The lowest BCUT2D eigenvalue weighted by Crippen LogP contribution is -2.13. The Hall–Kier alpha value is -3.57. The zero-order valence-electron chi connectivity index (χ0n) is 12.6. The molecule has 4 nitrogen and oxygen atoms in total. The smallest absolute Gasteiger partial charge is 0.266 e. The molecule has 1 amide bonds. The molecule has 0 saturated carbocycles. The molecule has 0 unspecified atom stereocenters. The first kappa shape index (κ1) is 16.8. The molecule has 5 heteroatoms. The number of para-hydroxylation sites is 1. The highest BCUT2D eigenvalue weighted by molar-refractivity contribution is 6.09. The highest BCUT2D eigenvalue weighted by Crippen LogP contribution is 2.21. The Morgan fingerprint density at radius 2 is 1.96 bits per heavy atom. The first-order chi connectivity index (χ1) is 11.6. The van der Waals surface area contributed by atoms with Gasteiger partial charge >= 0.3 is 0 Å². The zero-order valence-corrected chi connectivity index (χ0v) is 12.6. The maximum atomic E-state index is 12.9. The standard InChI is InChI=1S/C19H13FN2O2/c1-2-11-24-18-6-4-3-5-14(18)12-15(13-21)19(23)22-17-9-7-16(20)8-10-17/h1,3-10,12H,11H2,(H,22,23)/b15-12+. The van der Waals surface area contributed by atoms with Gasteiger partial charge in [0.25, 0.3) is 5.91 Å². The maximum absolute atomic E-state index is 12.9. The van der Waals surface area contributed by atoms with Crippen molar-refractivity contribution in [3.8, 4) is 24.2 Å². The van der Waals surface area contributed by atoms with Crippen LogP contribution in [0.3, 0.4) is 0 Å². The number of carbonyl (C=O) groups is 1. The summed E-state index contributed by atoms with van der Waals surface area (Å²) in [6, 6.07) is 14.0. The van der Waals surface area contributed by atoms with Crippen LogP contribution in [0.2, 0.25) is 0 Å². The number of hydrogen-bond acceptors (Lipinski definition) is 3. The van der Waals surface area contributed by atoms with Gasteiger partial charge in [-0.2, -0.15) is 5.26 Å². The number of terminal acetylenes is 1. The summed E-state index contributed by atoms with van der Waals surface area (Å²) < 4.78 is 18.3. The van der Waals surface area contributed by atoms with Gasteiger partial charge in [0.1, 0.15) is 29.8 Å². The molecule has 2 aromatic rings. The van der Waals surface area contributed by atoms with Crippen LogP contribution in [0.5, 0.6) is 5.75 Å². The number of hydrogen-bond donors (Lipinski definition) is 1. The van der Waals surface area contributed by atoms with E-state index in [-0.39, 0.29) is 12.2 Å². The summed E-state index contributed by atoms with van der Waals surface area (Å²) in [6.45, 7) is 0.0779. The maximum Gasteiger partial charge on any atom is 0.266 e. The van der Waals surface area contributed by atoms with E-state index in [0.29, 0.717) is 17.0 Å². The number of nitriles is 1. The van der Waals surface area contributed by atoms with Crippen molar-refractivity contribution >= 4 is 17.7 Å². The fraction of sp³-hybridized carbons (Fsp3) is 0.0526.